The van der Waals surface area contributed by atoms with E-state index in [4.69, 9.17) is 13.6 Å². The fraction of sp³-hybridized carbons (Fsp3) is 0.586. The van der Waals surface area contributed by atoms with Gasteiger partial charge < -0.3 is 13.6 Å². The van der Waals surface area contributed by atoms with E-state index in [0.717, 1.165) is 37.9 Å². The standard InChI is InChI=1S/C29H45O3P/c1-3-5-25-30-33(31-26-6-4-2)32-29-24-18-17-23-28(29)22-16-11-9-7-8-10-13-19-27-20-14-12-15-21-27/h12,14-15,17-18,20-21,23-24H,3-11,13,16,19,22,25-26H2,1-2H3. The average molecular weight is 473 g/mol. The van der Waals surface area contributed by atoms with Gasteiger partial charge in [-0.3, -0.25) is 0 Å². The lowest BCUT2D eigenvalue weighted by Crippen LogP contribution is -2.02. The molecule has 0 amide bonds. The molecule has 0 aliphatic heterocycles. The molecular formula is C29H45O3P. The van der Waals surface area contributed by atoms with Crippen LogP contribution in [0.25, 0.3) is 0 Å². The lowest BCUT2D eigenvalue weighted by atomic mass is 10.0. The summed E-state index contributed by atoms with van der Waals surface area (Å²) in [5, 5.41) is 0. The van der Waals surface area contributed by atoms with Gasteiger partial charge in [-0.15, -0.1) is 0 Å². The SMILES string of the molecule is CCCCOP(OCCCC)Oc1ccccc1CCCCCCCCCc1ccccc1. The summed E-state index contributed by atoms with van der Waals surface area (Å²) in [7, 11) is -1.32. The Bertz CT molecular complexity index is 697. The van der Waals surface area contributed by atoms with Crippen LogP contribution in [0.3, 0.4) is 0 Å². The smallest absolute Gasteiger partial charge is 0.397 e. The van der Waals surface area contributed by atoms with Crippen LogP contribution in [0.1, 0.15) is 95.6 Å². The summed E-state index contributed by atoms with van der Waals surface area (Å²) in [6.45, 7) is 5.73. The molecular weight excluding hydrogens is 427 g/mol. The number of hydrogen-bond donors (Lipinski definition) is 0. The van der Waals surface area contributed by atoms with Crippen LogP contribution in [0.5, 0.6) is 5.75 Å². The van der Waals surface area contributed by atoms with Crippen molar-refractivity contribution in [2.75, 3.05) is 13.2 Å². The minimum absolute atomic E-state index is 0.696. The van der Waals surface area contributed by atoms with E-state index in [9.17, 15) is 0 Å². The van der Waals surface area contributed by atoms with E-state index in [2.05, 4.69) is 62.4 Å². The Labute approximate surface area is 204 Å². The Kier molecular flexibility index (Phi) is 16.0. The van der Waals surface area contributed by atoms with E-state index in [0.29, 0.717) is 13.2 Å². The number of para-hydroxylation sites is 1. The Balaban J connectivity index is 1.64. The molecule has 2 rings (SSSR count). The van der Waals surface area contributed by atoms with Crippen molar-refractivity contribution in [2.24, 2.45) is 0 Å². The van der Waals surface area contributed by atoms with Gasteiger partial charge in [0.1, 0.15) is 5.75 Å². The minimum atomic E-state index is -1.32. The van der Waals surface area contributed by atoms with Crippen LogP contribution in [0.2, 0.25) is 0 Å². The molecule has 2 aromatic carbocycles. The first-order chi connectivity index (χ1) is 16.3. The normalized spacial score (nSPS) is 11.2. The molecule has 0 saturated carbocycles. The molecule has 0 fully saturated rings. The van der Waals surface area contributed by atoms with Gasteiger partial charge in [0.15, 0.2) is 0 Å². The summed E-state index contributed by atoms with van der Waals surface area (Å²) in [5.74, 6) is 0.928. The second-order valence-electron chi connectivity index (χ2n) is 8.76. The van der Waals surface area contributed by atoms with Gasteiger partial charge in [-0.2, -0.15) is 0 Å². The van der Waals surface area contributed by atoms with Crippen molar-refractivity contribution in [1.82, 2.24) is 0 Å². The van der Waals surface area contributed by atoms with Gasteiger partial charge in [0, 0.05) is 0 Å². The van der Waals surface area contributed by atoms with E-state index in [1.807, 2.05) is 6.07 Å². The Hall–Kier alpha value is -1.41. The molecule has 0 aliphatic carbocycles. The van der Waals surface area contributed by atoms with Crippen LogP contribution in [0.15, 0.2) is 54.6 Å². The quantitative estimate of drug-likeness (QED) is 0.142. The highest BCUT2D eigenvalue weighted by atomic mass is 31.2. The van der Waals surface area contributed by atoms with Crippen molar-refractivity contribution >= 4 is 8.60 Å². The van der Waals surface area contributed by atoms with Gasteiger partial charge in [-0.05, 0) is 55.7 Å². The van der Waals surface area contributed by atoms with Crippen molar-refractivity contribution in [2.45, 2.75) is 97.3 Å². The maximum atomic E-state index is 6.22. The van der Waals surface area contributed by atoms with Crippen molar-refractivity contribution in [1.29, 1.82) is 0 Å². The second kappa shape index (κ2) is 19.0. The highest BCUT2D eigenvalue weighted by Gasteiger charge is 2.16. The Morgan fingerprint density at radius 1 is 0.576 bits per heavy atom. The molecule has 0 atom stereocenters. The molecule has 3 nitrogen and oxygen atoms in total. The van der Waals surface area contributed by atoms with Crippen molar-refractivity contribution in [3.05, 3.63) is 65.7 Å². The lowest BCUT2D eigenvalue weighted by molar-refractivity contribution is 0.200. The molecule has 2 aromatic rings. The van der Waals surface area contributed by atoms with Gasteiger partial charge in [0.05, 0.1) is 13.2 Å². The van der Waals surface area contributed by atoms with Crippen molar-refractivity contribution in [3.8, 4) is 5.75 Å². The maximum Gasteiger partial charge on any atom is 0.397 e. The fourth-order valence-corrected chi connectivity index (χ4v) is 4.78. The monoisotopic (exact) mass is 472 g/mol. The van der Waals surface area contributed by atoms with Crippen LogP contribution in [-0.4, -0.2) is 13.2 Å². The fourth-order valence-electron chi connectivity index (χ4n) is 3.71. The summed E-state index contributed by atoms with van der Waals surface area (Å²) >= 11 is 0. The molecule has 0 bridgehead atoms. The maximum absolute atomic E-state index is 6.22. The van der Waals surface area contributed by atoms with E-state index >= 15 is 0 Å². The molecule has 0 heterocycles. The number of aryl methyl sites for hydroxylation is 2. The Morgan fingerprint density at radius 3 is 1.76 bits per heavy atom. The van der Waals surface area contributed by atoms with Crippen LogP contribution in [0.4, 0.5) is 0 Å². The summed E-state index contributed by atoms with van der Waals surface area (Å²) in [6, 6.07) is 19.2. The van der Waals surface area contributed by atoms with Crippen LogP contribution in [-0.2, 0) is 21.9 Å². The highest BCUT2D eigenvalue weighted by molar-refractivity contribution is 7.42. The van der Waals surface area contributed by atoms with Gasteiger partial charge in [-0.1, -0.05) is 107 Å². The predicted molar refractivity (Wildman–Crippen MR) is 142 cm³/mol. The zero-order chi connectivity index (χ0) is 23.4. The summed E-state index contributed by atoms with van der Waals surface area (Å²) < 4.78 is 18.1. The van der Waals surface area contributed by atoms with Crippen LogP contribution in [0, 0.1) is 0 Å². The second-order valence-corrected chi connectivity index (χ2v) is 9.90. The van der Waals surface area contributed by atoms with Gasteiger partial charge in [0.25, 0.3) is 0 Å². The molecule has 0 saturated heterocycles. The summed E-state index contributed by atoms with van der Waals surface area (Å²) in [4.78, 5) is 0. The molecule has 0 unspecified atom stereocenters. The molecule has 0 spiro atoms. The number of rotatable bonds is 20. The molecule has 4 heteroatoms. The number of unbranched alkanes of at least 4 members (excludes halogenated alkanes) is 8. The van der Waals surface area contributed by atoms with Gasteiger partial charge in [0.2, 0.25) is 0 Å². The first-order valence-electron chi connectivity index (χ1n) is 13.2. The first kappa shape index (κ1) is 27.8. The van der Waals surface area contributed by atoms with Crippen LogP contribution >= 0.6 is 8.60 Å². The lowest BCUT2D eigenvalue weighted by Gasteiger charge is -2.19. The summed E-state index contributed by atoms with van der Waals surface area (Å²) in [5.41, 5.74) is 2.74. The van der Waals surface area contributed by atoms with E-state index in [1.54, 1.807) is 0 Å². The van der Waals surface area contributed by atoms with Crippen LogP contribution < -0.4 is 4.52 Å². The Morgan fingerprint density at radius 2 is 1.12 bits per heavy atom. The summed E-state index contributed by atoms with van der Waals surface area (Å²) in [6.07, 6.45) is 15.7. The molecule has 0 N–H and O–H groups in total. The largest absolute Gasteiger partial charge is 0.426 e. The third-order valence-electron chi connectivity index (χ3n) is 5.79. The van der Waals surface area contributed by atoms with Gasteiger partial charge >= 0.3 is 8.60 Å². The predicted octanol–water partition coefficient (Wildman–Crippen LogP) is 9.44. The number of benzene rings is 2. The van der Waals surface area contributed by atoms with Crippen molar-refractivity contribution < 1.29 is 13.6 Å². The molecule has 0 aromatic heterocycles. The van der Waals surface area contributed by atoms with E-state index in [-0.39, 0.29) is 0 Å². The zero-order valence-corrected chi connectivity index (χ0v) is 21.9. The number of hydrogen-bond acceptors (Lipinski definition) is 3. The van der Waals surface area contributed by atoms with Crippen molar-refractivity contribution in [3.63, 3.8) is 0 Å². The molecule has 184 valence electrons. The topological polar surface area (TPSA) is 27.7 Å². The highest BCUT2D eigenvalue weighted by Crippen LogP contribution is 2.42. The molecule has 0 aliphatic rings. The third kappa shape index (κ3) is 13.2. The van der Waals surface area contributed by atoms with Gasteiger partial charge in [-0.25, -0.2) is 0 Å². The first-order valence-corrected chi connectivity index (χ1v) is 14.3. The zero-order valence-electron chi connectivity index (χ0n) is 21.0. The van der Waals surface area contributed by atoms with E-state index in [1.165, 1.54) is 62.5 Å². The molecule has 33 heavy (non-hydrogen) atoms. The third-order valence-corrected chi connectivity index (χ3v) is 6.92. The average Bonchev–Trinajstić information content (AvgIpc) is 2.84. The van der Waals surface area contributed by atoms with E-state index < -0.39 is 8.60 Å². The minimum Gasteiger partial charge on any atom is -0.426 e. The molecule has 0 radical (unpaired) electrons.